The molecule has 12 heavy (non-hydrogen) atoms. The van der Waals surface area contributed by atoms with Gasteiger partial charge in [0, 0.05) is 0 Å². The lowest BCUT2D eigenvalue weighted by Crippen LogP contribution is -3.01. The van der Waals surface area contributed by atoms with Gasteiger partial charge in [-0.3, -0.25) is 0 Å². The van der Waals surface area contributed by atoms with Crippen molar-refractivity contribution in [2.45, 2.75) is 0 Å². The van der Waals surface area contributed by atoms with Crippen LogP contribution in [0.4, 0.5) is 16.2 Å². The third-order valence-electron chi connectivity index (χ3n) is 1.07. The second-order valence-electron chi connectivity index (χ2n) is 1.87. The standard InChI is InChI=1S/C3H5FN4O4/c4-6-1-2(7(9)10)5-3(6)8(11)12/h1,7-9,11H. The predicted octanol–water partition coefficient (Wildman–Crippen LogP) is -2.58. The SMILES string of the molecule is [O-][NH+](O)c1cn(F)c([NH+]([O-])O)n1. The lowest BCUT2D eigenvalue weighted by molar-refractivity contribution is -1.000. The highest BCUT2D eigenvalue weighted by Crippen LogP contribution is 2.04. The Bertz CT molecular complexity index is 273. The van der Waals surface area contributed by atoms with Crippen LogP contribution in [0.5, 0.6) is 0 Å². The first kappa shape index (κ1) is 8.99. The van der Waals surface area contributed by atoms with E-state index in [0.29, 0.717) is 6.20 Å². The minimum absolute atomic E-state index is 0.355. The van der Waals surface area contributed by atoms with Gasteiger partial charge in [-0.05, 0) is 0 Å². The maximum atomic E-state index is 12.4. The zero-order chi connectivity index (χ0) is 9.30. The Morgan fingerprint density at radius 3 is 2.25 bits per heavy atom. The summed E-state index contributed by atoms with van der Waals surface area (Å²) in [6, 6.07) is 0. The van der Waals surface area contributed by atoms with Gasteiger partial charge < -0.3 is 10.4 Å². The van der Waals surface area contributed by atoms with E-state index in [2.05, 4.69) is 4.98 Å². The summed E-state index contributed by atoms with van der Waals surface area (Å²) < 4.78 is 12.4. The van der Waals surface area contributed by atoms with E-state index in [4.69, 9.17) is 10.4 Å². The van der Waals surface area contributed by atoms with E-state index in [1.165, 1.54) is 0 Å². The van der Waals surface area contributed by atoms with Crippen LogP contribution in [0.2, 0.25) is 0 Å². The second kappa shape index (κ2) is 3.10. The van der Waals surface area contributed by atoms with E-state index < -0.39 is 22.2 Å². The van der Waals surface area contributed by atoms with Crippen molar-refractivity contribution in [2.24, 2.45) is 0 Å². The Labute approximate surface area is 64.7 Å². The highest BCUT2D eigenvalue weighted by atomic mass is 19.2. The van der Waals surface area contributed by atoms with Gasteiger partial charge in [0.1, 0.15) is 6.20 Å². The first-order valence-corrected chi connectivity index (χ1v) is 2.74. The van der Waals surface area contributed by atoms with Gasteiger partial charge in [-0.2, -0.15) is 10.5 Å². The summed E-state index contributed by atoms with van der Waals surface area (Å²) in [4.78, 5) is 2.64. The normalized spacial score (nSPS) is 16.1. The van der Waals surface area contributed by atoms with E-state index >= 15 is 0 Å². The summed E-state index contributed by atoms with van der Waals surface area (Å²) in [5, 5.41) is 33.7. The van der Waals surface area contributed by atoms with E-state index in [9.17, 15) is 14.9 Å². The fourth-order valence-electron chi connectivity index (χ4n) is 0.601. The number of imidazole rings is 1. The number of aromatic nitrogens is 2. The van der Waals surface area contributed by atoms with Crippen molar-refractivity contribution in [2.75, 3.05) is 0 Å². The van der Waals surface area contributed by atoms with E-state index in [0.717, 1.165) is 0 Å². The Hall–Kier alpha value is -1.10. The average Bonchev–Trinajstić information content (AvgIpc) is 2.30. The molecule has 2 unspecified atom stereocenters. The topological polar surface area (TPSA) is 113 Å². The number of nitrogens with zero attached hydrogens (tertiary/aromatic N) is 2. The first-order chi connectivity index (χ1) is 5.52. The van der Waals surface area contributed by atoms with Gasteiger partial charge in [0.2, 0.25) is 0 Å². The van der Waals surface area contributed by atoms with Crippen molar-refractivity contribution in [1.29, 1.82) is 0 Å². The minimum Gasteiger partial charge on any atom is -0.594 e. The number of halogens is 1. The molecule has 0 aromatic carbocycles. The fraction of sp³-hybridized carbons (Fsp3) is 0. The third kappa shape index (κ3) is 1.55. The highest BCUT2D eigenvalue weighted by Gasteiger charge is 2.17. The molecule has 2 atom stereocenters. The van der Waals surface area contributed by atoms with Crippen LogP contribution >= 0.6 is 0 Å². The second-order valence-corrected chi connectivity index (χ2v) is 1.87. The number of hydrogen-bond donors (Lipinski definition) is 4. The molecule has 1 aromatic heterocycles. The zero-order valence-corrected chi connectivity index (χ0v) is 5.56. The van der Waals surface area contributed by atoms with Gasteiger partial charge >= 0.3 is 5.95 Å². The number of quaternary nitrogens is 2. The van der Waals surface area contributed by atoms with Crippen molar-refractivity contribution in [3.63, 3.8) is 0 Å². The van der Waals surface area contributed by atoms with E-state index in [1.54, 1.807) is 0 Å². The Morgan fingerprint density at radius 2 is 2.00 bits per heavy atom. The summed E-state index contributed by atoms with van der Waals surface area (Å²) in [5.74, 6) is -1.60. The Morgan fingerprint density at radius 1 is 1.42 bits per heavy atom. The van der Waals surface area contributed by atoms with Gasteiger partial charge in [0.15, 0.2) is 0 Å². The molecule has 0 radical (unpaired) electrons. The van der Waals surface area contributed by atoms with Crippen LogP contribution < -0.4 is 10.5 Å². The number of nitrogens with one attached hydrogen (secondary N) is 2. The van der Waals surface area contributed by atoms with Crippen molar-refractivity contribution in [3.8, 4) is 0 Å². The van der Waals surface area contributed by atoms with Crippen LogP contribution in [-0.2, 0) is 0 Å². The third-order valence-corrected chi connectivity index (χ3v) is 1.07. The average molecular weight is 180 g/mol. The number of rotatable bonds is 2. The quantitative estimate of drug-likeness (QED) is 0.373. The molecule has 1 rings (SSSR count). The van der Waals surface area contributed by atoms with Gasteiger partial charge in [-0.25, -0.2) is 10.4 Å². The molecule has 8 nitrogen and oxygen atoms in total. The fourth-order valence-corrected chi connectivity index (χ4v) is 0.601. The molecule has 1 aromatic rings. The minimum atomic E-state index is -1.62. The molecule has 0 saturated heterocycles. The molecule has 0 aliphatic rings. The van der Waals surface area contributed by atoms with Crippen LogP contribution in [0.25, 0.3) is 0 Å². The van der Waals surface area contributed by atoms with Crippen LogP contribution in [0.3, 0.4) is 0 Å². The Balaban J connectivity index is 3.00. The zero-order valence-electron chi connectivity index (χ0n) is 5.56. The van der Waals surface area contributed by atoms with Gasteiger partial charge in [-0.1, -0.05) is 4.48 Å². The van der Waals surface area contributed by atoms with Gasteiger partial charge in [0.05, 0.1) is 0 Å². The highest BCUT2D eigenvalue weighted by molar-refractivity contribution is 5.21. The Kier molecular flexibility index (Phi) is 2.32. The molecule has 0 amide bonds. The molecule has 0 saturated carbocycles. The van der Waals surface area contributed by atoms with Crippen LogP contribution in [0.15, 0.2) is 6.20 Å². The molecule has 0 bridgehead atoms. The molecule has 0 aliphatic heterocycles. The number of hydrogen-bond acceptors (Lipinski definition) is 5. The molecular weight excluding hydrogens is 175 g/mol. The molecule has 68 valence electrons. The van der Waals surface area contributed by atoms with Crippen LogP contribution in [0, 0.1) is 10.4 Å². The molecule has 0 fully saturated rings. The van der Waals surface area contributed by atoms with Crippen LogP contribution in [0.1, 0.15) is 0 Å². The van der Waals surface area contributed by atoms with E-state index in [-0.39, 0.29) is 4.79 Å². The maximum absolute atomic E-state index is 12.4. The lowest BCUT2D eigenvalue weighted by atomic mass is 10.8. The molecule has 0 spiro atoms. The first-order valence-electron chi connectivity index (χ1n) is 2.74. The molecular formula is C3H5FN4O4. The maximum Gasteiger partial charge on any atom is 0.375 e. The van der Waals surface area contributed by atoms with Crippen molar-refractivity contribution >= 4 is 11.8 Å². The van der Waals surface area contributed by atoms with Crippen LogP contribution in [-0.4, -0.2) is 20.2 Å². The largest absolute Gasteiger partial charge is 0.594 e. The summed E-state index contributed by atoms with van der Waals surface area (Å²) in [6.45, 7) is 0. The molecule has 9 heteroatoms. The molecule has 0 aliphatic carbocycles. The van der Waals surface area contributed by atoms with Crippen molar-refractivity contribution in [1.82, 2.24) is 9.77 Å². The summed E-state index contributed by atoms with van der Waals surface area (Å²) in [5.41, 5.74) is 0. The monoisotopic (exact) mass is 180 g/mol. The summed E-state index contributed by atoms with van der Waals surface area (Å²) in [7, 11) is 0. The van der Waals surface area contributed by atoms with E-state index in [1.807, 2.05) is 0 Å². The molecule has 1 heterocycles. The van der Waals surface area contributed by atoms with Crippen molar-refractivity contribution < 1.29 is 25.3 Å². The lowest BCUT2D eigenvalue weighted by Gasteiger charge is -2.07. The predicted molar refractivity (Wildman–Crippen MR) is 30.3 cm³/mol. The van der Waals surface area contributed by atoms with Gasteiger partial charge in [0.25, 0.3) is 5.82 Å². The summed E-state index contributed by atoms with van der Waals surface area (Å²) >= 11 is 0. The summed E-state index contributed by atoms with van der Waals surface area (Å²) in [6.07, 6.45) is 0.478. The van der Waals surface area contributed by atoms with Gasteiger partial charge in [-0.15, -0.1) is 9.77 Å². The van der Waals surface area contributed by atoms with Crippen molar-refractivity contribution in [3.05, 3.63) is 16.6 Å². The molecule has 4 N–H and O–H groups in total. The smallest absolute Gasteiger partial charge is 0.375 e.